The number of hydrogen-bond acceptors (Lipinski definition) is 3. The van der Waals surface area contributed by atoms with Crippen LogP contribution < -0.4 is 0 Å². The highest BCUT2D eigenvalue weighted by atomic mass is 32.2. The van der Waals surface area contributed by atoms with Gasteiger partial charge in [-0.25, -0.2) is 0 Å². The molecule has 0 radical (unpaired) electrons. The van der Waals surface area contributed by atoms with E-state index in [1.807, 2.05) is 0 Å². The monoisotopic (exact) mass is 282 g/mol. The molecule has 0 N–H and O–H groups in total. The fraction of sp³-hybridized carbons (Fsp3) is 0.0769. The normalized spacial score (nSPS) is 11.9. The smallest absolute Gasteiger partial charge is 0.261 e. The molecule has 0 fully saturated rings. The molecule has 2 rings (SSSR count). The van der Waals surface area contributed by atoms with Gasteiger partial charge in [-0.2, -0.15) is 13.2 Å². The van der Waals surface area contributed by atoms with Crippen molar-refractivity contribution >= 4 is 23.9 Å². The van der Waals surface area contributed by atoms with Crippen molar-refractivity contribution in [2.75, 3.05) is 0 Å². The van der Waals surface area contributed by atoms with Gasteiger partial charge in [0.25, 0.3) is 0 Å². The summed E-state index contributed by atoms with van der Waals surface area (Å²) in [7, 11) is 0. The lowest BCUT2D eigenvalue weighted by molar-refractivity contribution is -0.0328. The number of hydrogen-bond donors (Lipinski definition) is 0. The Morgan fingerprint density at radius 2 is 1.95 bits per heavy atom. The van der Waals surface area contributed by atoms with Crippen LogP contribution in [0.1, 0.15) is 11.3 Å². The number of thioether (sulfide) groups is 1. The molecule has 1 aromatic heterocycles. The van der Waals surface area contributed by atoms with E-state index < -0.39 is 5.51 Å². The minimum atomic E-state index is -4.27. The number of rotatable bonds is 3. The van der Waals surface area contributed by atoms with Gasteiger partial charge in [-0.15, -0.1) is 0 Å². The van der Waals surface area contributed by atoms with E-state index in [9.17, 15) is 13.2 Å². The summed E-state index contributed by atoms with van der Waals surface area (Å²) in [5.41, 5.74) is -2.94. The molecule has 98 valence electrons. The van der Waals surface area contributed by atoms with Gasteiger partial charge < -0.3 is 0 Å². The Morgan fingerprint density at radius 3 is 2.63 bits per heavy atom. The third-order valence-electron chi connectivity index (χ3n) is 2.12. The fourth-order valence-electron chi connectivity index (χ4n) is 1.39. The van der Waals surface area contributed by atoms with Gasteiger partial charge >= 0.3 is 5.51 Å². The molecule has 2 nitrogen and oxygen atoms in total. The highest BCUT2D eigenvalue weighted by Crippen LogP contribution is 2.37. The van der Waals surface area contributed by atoms with Gasteiger partial charge in [-0.1, -0.05) is 18.2 Å². The predicted octanol–water partition coefficient (Wildman–Crippen LogP) is 4.26. The van der Waals surface area contributed by atoms with E-state index in [2.05, 4.69) is 9.97 Å². The molecule has 1 aromatic carbocycles. The Labute approximate surface area is 112 Å². The summed E-state index contributed by atoms with van der Waals surface area (Å²) < 4.78 is 36.8. The van der Waals surface area contributed by atoms with Crippen molar-refractivity contribution in [1.29, 1.82) is 0 Å². The average molecular weight is 282 g/mol. The minimum absolute atomic E-state index is 0.125. The molecule has 0 saturated carbocycles. The molecular weight excluding hydrogens is 273 g/mol. The van der Waals surface area contributed by atoms with E-state index in [1.165, 1.54) is 12.1 Å². The van der Waals surface area contributed by atoms with Crippen molar-refractivity contribution in [2.24, 2.45) is 0 Å². The Balaban J connectivity index is 2.13. The van der Waals surface area contributed by atoms with Crippen molar-refractivity contribution < 1.29 is 13.2 Å². The summed E-state index contributed by atoms with van der Waals surface area (Å²) in [5.74, 6) is 0. The lowest BCUT2D eigenvalue weighted by Gasteiger charge is -2.05. The maximum atomic E-state index is 12.3. The first-order valence-electron chi connectivity index (χ1n) is 5.33. The third kappa shape index (κ3) is 4.75. The number of nitrogens with zero attached hydrogens (tertiary/aromatic N) is 2. The molecule has 0 saturated heterocycles. The van der Waals surface area contributed by atoms with Crippen molar-refractivity contribution in [1.82, 2.24) is 9.97 Å². The van der Waals surface area contributed by atoms with Gasteiger partial charge in [0.2, 0.25) is 0 Å². The first-order valence-corrected chi connectivity index (χ1v) is 6.14. The van der Waals surface area contributed by atoms with E-state index in [0.29, 0.717) is 11.3 Å². The topological polar surface area (TPSA) is 25.8 Å². The predicted molar refractivity (Wildman–Crippen MR) is 69.3 cm³/mol. The van der Waals surface area contributed by atoms with Crippen molar-refractivity contribution in [2.45, 2.75) is 10.4 Å². The van der Waals surface area contributed by atoms with Gasteiger partial charge in [0.1, 0.15) is 0 Å². The van der Waals surface area contributed by atoms with E-state index in [0.717, 1.165) is 0 Å². The standard InChI is InChI=1S/C13H9F3N2S/c14-13(15,16)19-12-3-1-2-10(8-12)4-5-11-9-17-6-7-18-11/h1-9H/b5-4+. The summed E-state index contributed by atoms with van der Waals surface area (Å²) in [6, 6.07) is 6.22. The van der Waals surface area contributed by atoms with Crippen LogP contribution in [0.5, 0.6) is 0 Å². The second-order valence-electron chi connectivity index (χ2n) is 3.58. The highest BCUT2D eigenvalue weighted by molar-refractivity contribution is 8.00. The fourth-order valence-corrected chi connectivity index (χ4v) is 2.00. The first-order chi connectivity index (χ1) is 9.03. The largest absolute Gasteiger partial charge is 0.446 e. The molecule has 0 aliphatic heterocycles. The van der Waals surface area contributed by atoms with Crippen LogP contribution in [0.2, 0.25) is 0 Å². The van der Waals surface area contributed by atoms with Crippen LogP contribution in [-0.2, 0) is 0 Å². The van der Waals surface area contributed by atoms with Crippen LogP contribution in [0, 0.1) is 0 Å². The van der Waals surface area contributed by atoms with Gasteiger partial charge in [-0.05, 0) is 35.5 Å². The lowest BCUT2D eigenvalue weighted by atomic mass is 10.2. The maximum absolute atomic E-state index is 12.3. The van der Waals surface area contributed by atoms with Gasteiger partial charge in [0.15, 0.2) is 0 Å². The summed E-state index contributed by atoms with van der Waals surface area (Å²) in [6.07, 6.45) is 8.08. The molecule has 0 atom stereocenters. The molecule has 19 heavy (non-hydrogen) atoms. The van der Waals surface area contributed by atoms with Gasteiger partial charge in [0.05, 0.1) is 11.9 Å². The Morgan fingerprint density at radius 1 is 1.11 bits per heavy atom. The quantitative estimate of drug-likeness (QED) is 0.787. The SMILES string of the molecule is FC(F)(F)Sc1cccc(/C=C/c2cnccn2)c1. The van der Waals surface area contributed by atoms with Crippen LogP contribution in [0.3, 0.4) is 0 Å². The van der Waals surface area contributed by atoms with Crippen LogP contribution in [0.25, 0.3) is 12.2 Å². The summed E-state index contributed by atoms with van der Waals surface area (Å²) in [5, 5.41) is 0. The number of aromatic nitrogens is 2. The molecule has 6 heteroatoms. The molecule has 0 amide bonds. The summed E-state index contributed by atoms with van der Waals surface area (Å²) >= 11 is -0.125. The van der Waals surface area contributed by atoms with Crippen LogP contribution in [0.4, 0.5) is 13.2 Å². The zero-order valence-corrected chi connectivity index (χ0v) is 10.4. The van der Waals surface area contributed by atoms with E-state index in [4.69, 9.17) is 0 Å². The van der Waals surface area contributed by atoms with E-state index >= 15 is 0 Å². The van der Waals surface area contributed by atoms with Crippen molar-refractivity contribution in [3.63, 3.8) is 0 Å². The Kier molecular flexibility index (Phi) is 4.21. The molecule has 0 bridgehead atoms. The molecule has 0 spiro atoms. The molecule has 2 aromatic rings. The van der Waals surface area contributed by atoms with Gasteiger partial charge in [0, 0.05) is 17.3 Å². The lowest BCUT2D eigenvalue weighted by Crippen LogP contribution is -1.98. The van der Waals surface area contributed by atoms with E-state index in [-0.39, 0.29) is 16.7 Å². The Bertz CT molecular complexity index is 568. The Hall–Kier alpha value is -1.82. The number of halogens is 3. The summed E-state index contributed by atoms with van der Waals surface area (Å²) in [6.45, 7) is 0. The van der Waals surface area contributed by atoms with Crippen LogP contribution in [-0.4, -0.2) is 15.5 Å². The summed E-state index contributed by atoms with van der Waals surface area (Å²) in [4.78, 5) is 8.10. The van der Waals surface area contributed by atoms with E-state index in [1.54, 1.807) is 42.9 Å². The molecule has 0 aliphatic carbocycles. The zero-order valence-electron chi connectivity index (χ0n) is 9.63. The second kappa shape index (κ2) is 5.88. The molecular formula is C13H9F3N2S. The van der Waals surface area contributed by atoms with Crippen LogP contribution >= 0.6 is 11.8 Å². The first kappa shape index (κ1) is 13.6. The van der Waals surface area contributed by atoms with Gasteiger partial charge in [-0.3, -0.25) is 9.97 Å². The molecule has 1 heterocycles. The van der Waals surface area contributed by atoms with Crippen LogP contribution in [0.15, 0.2) is 47.8 Å². The van der Waals surface area contributed by atoms with Crippen molar-refractivity contribution in [3.05, 3.63) is 54.1 Å². The molecule has 0 unspecified atom stereocenters. The minimum Gasteiger partial charge on any atom is -0.261 e. The highest BCUT2D eigenvalue weighted by Gasteiger charge is 2.29. The zero-order chi connectivity index (χ0) is 13.7. The molecule has 0 aliphatic rings. The third-order valence-corrected chi connectivity index (χ3v) is 2.84. The average Bonchev–Trinajstić information content (AvgIpc) is 2.36. The number of alkyl halides is 3. The van der Waals surface area contributed by atoms with Crippen molar-refractivity contribution in [3.8, 4) is 0 Å². The second-order valence-corrected chi connectivity index (χ2v) is 4.72. The number of benzene rings is 1. The maximum Gasteiger partial charge on any atom is 0.446 e.